The summed E-state index contributed by atoms with van der Waals surface area (Å²) in [6.45, 7) is -1.44. The van der Waals surface area contributed by atoms with Crippen LogP contribution in [0, 0.1) is 0 Å². The van der Waals surface area contributed by atoms with Crippen molar-refractivity contribution in [3.8, 4) is 0 Å². The van der Waals surface area contributed by atoms with Gasteiger partial charge in [0.1, 0.15) is 0 Å². The van der Waals surface area contributed by atoms with E-state index in [1.807, 2.05) is 0 Å². The molecule has 0 saturated carbocycles. The summed E-state index contributed by atoms with van der Waals surface area (Å²) in [5.74, 6) is -3.73. The molecule has 0 fully saturated rings. The molecule has 0 rings (SSSR count). The minimum atomic E-state index is -2.04. The number of alkyl halides is 1. The number of hydrogen-bond acceptors (Lipinski definition) is 4. The zero-order chi connectivity index (χ0) is 6.57. The second-order valence-electron chi connectivity index (χ2n) is 0.828. The maximum Gasteiger partial charge on any atom is 1.00 e. The number of rotatable bonds is 1. The van der Waals surface area contributed by atoms with Gasteiger partial charge in [-0.05, 0) is 0 Å². The Kier molecular flexibility index (Phi) is 7.76. The van der Waals surface area contributed by atoms with Gasteiger partial charge < -0.3 is 14.6 Å². The zero-order valence-corrected chi connectivity index (χ0v) is 6.72. The third-order valence-electron chi connectivity index (χ3n) is 0.352. The fourth-order valence-corrected chi connectivity index (χ4v) is 0.108. The van der Waals surface area contributed by atoms with Crippen LogP contribution in [0.3, 0.4) is 0 Å². The van der Waals surface area contributed by atoms with Gasteiger partial charge in [0.25, 0.3) is 0 Å². The molecule has 0 aliphatic heterocycles. The van der Waals surface area contributed by atoms with E-state index in [1.54, 1.807) is 0 Å². The molecule has 0 bridgehead atoms. The van der Waals surface area contributed by atoms with E-state index in [4.69, 9.17) is 0 Å². The number of halogens is 1. The van der Waals surface area contributed by atoms with Gasteiger partial charge in [-0.1, -0.05) is 0 Å². The van der Waals surface area contributed by atoms with E-state index in [0.29, 0.717) is 0 Å². The summed E-state index contributed by atoms with van der Waals surface area (Å²) in [4.78, 5) is 19.0. The number of carboxylic acid groups (broad SMARTS) is 1. The van der Waals surface area contributed by atoms with Gasteiger partial charge in [0.2, 0.25) is 6.86 Å². The van der Waals surface area contributed by atoms with Crippen LogP contribution >= 0.6 is 0 Å². The van der Waals surface area contributed by atoms with Crippen LogP contribution in [0.4, 0.5) is 4.39 Å². The van der Waals surface area contributed by atoms with Crippen LogP contribution < -0.4 is 34.7 Å². The van der Waals surface area contributed by atoms with Gasteiger partial charge in [-0.3, -0.25) is 0 Å². The van der Waals surface area contributed by atoms with Crippen molar-refractivity contribution in [3.63, 3.8) is 0 Å². The Balaban J connectivity index is 0. The second-order valence-corrected chi connectivity index (χ2v) is 0.828. The van der Waals surface area contributed by atoms with Crippen molar-refractivity contribution in [3.05, 3.63) is 0 Å². The zero-order valence-electron chi connectivity index (χ0n) is 4.72. The van der Waals surface area contributed by atoms with Gasteiger partial charge in [-0.25, -0.2) is 9.18 Å². The molecular weight excluding hydrogens is 142 g/mol. The number of carboxylic acids is 1. The average Bonchev–Trinajstić information content (AvgIpc) is 1.67. The van der Waals surface area contributed by atoms with Crippen LogP contribution in [0.5, 0.6) is 0 Å². The van der Waals surface area contributed by atoms with Crippen LogP contribution in [-0.2, 0) is 14.3 Å². The number of hydrogen-bond donors (Lipinski definition) is 0. The van der Waals surface area contributed by atoms with Crippen LogP contribution in [0.2, 0.25) is 0 Å². The first-order valence-electron chi connectivity index (χ1n) is 1.62. The summed E-state index contributed by atoms with van der Waals surface area (Å²) in [7, 11) is 0. The Morgan fingerprint density at radius 3 is 2.11 bits per heavy atom. The molecule has 0 atom stereocenters. The summed E-state index contributed by atoms with van der Waals surface area (Å²) in [6, 6.07) is 0. The predicted molar refractivity (Wildman–Crippen MR) is 17.1 cm³/mol. The molecule has 0 unspecified atom stereocenters. The van der Waals surface area contributed by atoms with Crippen LogP contribution in [-0.4, -0.2) is 18.8 Å². The van der Waals surface area contributed by atoms with E-state index in [-0.39, 0.29) is 29.6 Å². The number of aliphatic carboxylic acids is 1. The van der Waals surface area contributed by atoms with Gasteiger partial charge in [-0.2, -0.15) is 0 Å². The maximum absolute atomic E-state index is 10.9. The van der Waals surface area contributed by atoms with E-state index in [1.165, 1.54) is 0 Å². The Morgan fingerprint density at radius 2 is 2.00 bits per heavy atom. The van der Waals surface area contributed by atoms with E-state index in [0.717, 1.165) is 0 Å². The van der Waals surface area contributed by atoms with Gasteiger partial charge in [0.05, 0.1) is 0 Å². The second kappa shape index (κ2) is 6.00. The third-order valence-corrected chi connectivity index (χ3v) is 0.352. The van der Waals surface area contributed by atoms with Gasteiger partial charge in [0, 0.05) is 0 Å². The number of carbonyl (C=O) groups is 2. The van der Waals surface area contributed by atoms with E-state index < -0.39 is 18.8 Å². The largest absolute Gasteiger partial charge is 1.00 e. The molecule has 46 valence electrons. The SMILES string of the molecule is O=C([O-])C(=O)OCF.[Na+]. The summed E-state index contributed by atoms with van der Waals surface area (Å²) in [5, 5.41) is 9.34. The van der Waals surface area contributed by atoms with E-state index in [9.17, 15) is 19.1 Å². The molecule has 0 amide bonds. The standard InChI is InChI=1S/C3H3FO4.Na/c4-1-8-3(7)2(5)6;/h1H2,(H,5,6);/q;+1/p-1. The minimum Gasteiger partial charge on any atom is -0.539 e. The fraction of sp³-hybridized carbons (Fsp3) is 0.333. The number of esters is 1. The molecular formula is C3H2FNaO4. The molecule has 0 radical (unpaired) electrons. The van der Waals surface area contributed by atoms with Crippen LogP contribution in [0.25, 0.3) is 0 Å². The predicted octanol–water partition coefficient (Wildman–Crippen LogP) is -4.79. The van der Waals surface area contributed by atoms with Crippen molar-refractivity contribution in [1.29, 1.82) is 0 Å². The Morgan fingerprint density at radius 1 is 1.56 bits per heavy atom. The molecule has 0 saturated heterocycles. The molecule has 4 nitrogen and oxygen atoms in total. The summed E-state index contributed by atoms with van der Waals surface area (Å²) in [5.41, 5.74) is 0. The molecule has 6 heteroatoms. The molecule has 0 aliphatic rings. The Hall–Kier alpha value is -0.130. The van der Waals surface area contributed by atoms with E-state index in [2.05, 4.69) is 4.74 Å². The van der Waals surface area contributed by atoms with E-state index >= 15 is 0 Å². The fourth-order valence-electron chi connectivity index (χ4n) is 0.108. The van der Waals surface area contributed by atoms with Crippen molar-refractivity contribution in [1.82, 2.24) is 0 Å². The first-order valence-corrected chi connectivity index (χ1v) is 1.62. The van der Waals surface area contributed by atoms with Gasteiger partial charge in [0.15, 0.2) is 5.97 Å². The Bertz CT molecular complexity index is 114. The van der Waals surface area contributed by atoms with Crippen molar-refractivity contribution < 1.29 is 53.4 Å². The molecule has 0 aromatic rings. The molecule has 0 aromatic heterocycles. The summed E-state index contributed by atoms with van der Waals surface area (Å²) in [6.07, 6.45) is 0. The van der Waals surface area contributed by atoms with Crippen LogP contribution in [0.15, 0.2) is 0 Å². The van der Waals surface area contributed by atoms with Gasteiger partial charge >= 0.3 is 35.5 Å². The third kappa shape index (κ3) is 5.75. The molecule has 9 heavy (non-hydrogen) atoms. The molecule has 0 spiro atoms. The Labute approximate surface area is 72.3 Å². The number of ether oxygens (including phenoxy) is 1. The molecule has 0 N–H and O–H groups in total. The number of carbonyl (C=O) groups excluding carboxylic acids is 2. The molecule has 0 heterocycles. The normalized spacial score (nSPS) is 7.22. The first kappa shape index (κ1) is 11.6. The average molecular weight is 144 g/mol. The smallest absolute Gasteiger partial charge is 0.539 e. The minimum absolute atomic E-state index is 0. The van der Waals surface area contributed by atoms with Crippen molar-refractivity contribution in [2.75, 3.05) is 6.86 Å². The summed E-state index contributed by atoms with van der Waals surface area (Å²) >= 11 is 0. The van der Waals surface area contributed by atoms with Crippen molar-refractivity contribution in [2.45, 2.75) is 0 Å². The quantitative estimate of drug-likeness (QED) is 0.210. The maximum atomic E-state index is 10.9. The molecule has 0 aliphatic carbocycles. The van der Waals surface area contributed by atoms with Gasteiger partial charge in [-0.15, -0.1) is 0 Å². The topological polar surface area (TPSA) is 66.4 Å². The molecule has 0 aromatic carbocycles. The van der Waals surface area contributed by atoms with Crippen LogP contribution in [0.1, 0.15) is 0 Å². The first-order chi connectivity index (χ1) is 3.68. The monoisotopic (exact) mass is 144 g/mol. The van der Waals surface area contributed by atoms with Crippen molar-refractivity contribution in [2.24, 2.45) is 0 Å². The summed E-state index contributed by atoms with van der Waals surface area (Å²) < 4.78 is 14.2. The van der Waals surface area contributed by atoms with Crippen molar-refractivity contribution >= 4 is 11.9 Å².